The summed E-state index contributed by atoms with van der Waals surface area (Å²) in [5.74, 6) is 0. The molecule has 7 heteroatoms. The average molecular weight is 829 g/mol. The Morgan fingerprint density at radius 1 is 0.294 bits per heavy atom. The summed E-state index contributed by atoms with van der Waals surface area (Å²) in [6.07, 6.45) is 41.8. The zero-order valence-corrected chi connectivity index (χ0v) is 39.4. The van der Waals surface area contributed by atoms with E-state index >= 15 is 0 Å². The first-order valence-electron chi connectivity index (χ1n) is 22.5. The molecule has 0 radical (unpaired) electrons. The fourth-order valence-corrected chi connectivity index (χ4v) is 23.4. The zero-order valence-electron chi connectivity index (χ0n) is 35.0. The third-order valence-corrected chi connectivity index (χ3v) is 24.9. The summed E-state index contributed by atoms with van der Waals surface area (Å²) in [7, 11) is -4.09. The van der Waals surface area contributed by atoms with E-state index in [9.17, 15) is 9.59 Å². The topological polar surface area (TPSA) is 80.9 Å². The summed E-state index contributed by atoms with van der Waals surface area (Å²) in [5.41, 5.74) is 3.60. The van der Waals surface area contributed by atoms with Crippen molar-refractivity contribution in [3.8, 4) is 0 Å². The molecule has 0 aromatic rings. The van der Waals surface area contributed by atoms with Crippen LogP contribution in [0.1, 0.15) is 234 Å². The third-order valence-electron chi connectivity index (χ3n) is 13.6. The molecule has 6 fully saturated rings. The van der Waals surface area contributed by atoms with Gasteiger partial charge in [0.2, 0.25) is 0 Å². The van der Waals surface area contributed by atoms with Gasteiger partial charge in [0.25, 0.3) is 0 Å². The maximum absolute atomic E-state index is 12.0. The predicted molar refractivity (Wildman–Crippen MR) is 221 cm³/mol. The first kappa shape index (κ1) is 48.3. The maximum atomic E-state index is 12.0. The van der Waals surface area contributed by atoms with E-state index in [1.54, 1.807) is 41.5 Å². The molecule has 6 rings (SSSR count). The van der Waals surface area contributed by atoms with Gasteiger partial charge in [-0.15, -0.1) is 0 Å². The van der Waals surface area contributed by atoms with Gasteiger partial charge in [0.1, 0.15) is 0 Å². The molecule has 4 nitrogen and oxygen atoms in total. The van der Waals surface area contributed by atoms with Crippen LogP contribution in [-0.2, 0) is 26.2 Å². The summed E-state index contributed by atoms with van der Waals surface area (Å²) >= 11 is 0. The number of hydrogen-bond donors (Lipinski definition) is 4. The van der Waals surface area contributed by atoms with Gasteiger partial charge < -0.3 is 19.8 Å². The van der Waals surface area contributed by atoms with Gasteiger partial charge in [-0.3, -0.25) is 0 Å². The van der Waals surface area contributed by atoms with Gasteiger partial charge in [-0.2, -0.15) is 0 Å². The molecule has 0 atom stereocenters. The van der Waals surface area contributed by atoms with Crippen LogP contribution in [0.15, 0.2) is 0 Å². The van der Waals surface area contributed by atoms with Crippen LogP contribution in [0.3, 0.4) is 0 Å². The van der Waals surface area contributed by atoms with Crippen molar-refractivity contribution >= 4 is 16.6 Å². The van der Waals surface area contributed by atoms with E-state index in [4.69, 9.17) is 10.2 Å². The second-order valence-electron chi connectivity index (χ2n) is 20.1. The van der Waals surface area contributed by atoms with Gasteiger partial charge in [0.05, 0.1) is 11.2 Å². The molecule has 0 aromatic carbocycles. The zero-order chi connectivity index (χ0) is 36.7. The van der Waals surface area contributed by atoms with Crippen molar-refractivity contribution in [1.29, 1.82) is 0 Å². The minimum atomic E-state index is -2.05. The van der Waals surface area contributed by atoms with Crippen molar-refractivity contribution in [2.24, 2.45) is 0 Å². The molecule has 0 aliphatic heterocycles. The van der Waals surface area contributed by atoms with Crippen molar-refractivity contribution in [3.63, 3.8) is 0 Å². The van der Waals surface area contributed by atoms with Crippen LogP contribution in [0.5, 0.6) is 0 Å². The quantitative estimate of drug-likeness (QED) is 0.201. The molecule has 0 bridgehead atoms. The van der Waals surface area contributed by atoms with E-state index in [1.807, 2.05) is 0 Å². The van der Waals surface area contributed by atoms with E-state index < -0.39 is 27.8 Å². The Bertz CT molecular complexity index is 693. The Labute approximate surface area is 339 Å². The molecule has 0 aromatic heterocycles. The van der Waals surface area contributed by atoms with Crippen LogP contribution in [-0.4, -0.2) is 47.6 Å². The monoisotopic (exact) mass is 827 g/mol. The Morgan fingerprint density at radius 3 is 0.490 bits per heavy atom. The first-order chi connectivity index (χ1) is 23.6. The third kappa shape index (κ3) is 17.0. The van der Waals surface area contributed by atoms with Gasteiger partial charge >= 0.3 is 0 Å². The maximum Gasteiger partial charge on any atom is 0.197 e. The Morgan fingerprint density at radius 2 is 0.392 bits per heavy atom. The summed E-state index contributed by atoms with van der Waals surface area (Å²) in [5, 5.41) is 17.0. The standard InChI is InChI=1S/2C18H34OSi.2C4H10O.Zr/c2*19-20(16-10-4-1-5-11-16,17-12-6-2-7-13-17)18-14-8-3-9-15-18;2*1-4(2,3)5;/h2*16-19H,1-15H2;2*5H,1-3H3;. The Hall–Kier alpha value is 1.16. The van der Waals surface area contributed by atoms with Crippen molar-refractivity contribution in [2.75, 3.05) is 0 Å². The number of hydrogen-bond acceptors (Lipinski definition) is 4. The average Bonchev–Trinajstić information content (AvgIpc) is 3.12. The molecule has 51 heavy (non-hydrogen) atoms. The first-order valence-corrected chi connectivity index (χ1v) is 26.9. The minimum Gasteiger partial charge on any atom is -0.431 e. The molecular weight excluding hydrogens is 740 g/mol. The van der Waals surface area contributed by atoms with Gasteiger partial charge in [-0.1, -0.05) is 193 Å². The molecule has 0 spiro atoms. The van der Waals surface area contributed by atoms with E-state index in [-0.39, 0.29) is 26.2 Å². The normalized spacial score (nSPS) is 24.8. The largest absolute Gasteiger partial charge is 0.431 e. The Kier molecular flexibility index (Phi) is 22.8. The fourth-order valence-electron chi connectivity index (χ4n) is 11.4. The SMILES string of the molecule is CC(C)(C)O.CC(C)(C)O.O[Si](C1CCCCC1)(C1CCCCC1)C1CCCCC1.O[Si](C1CCCCC1)(C1CCCCC1)C1CCCCC1.[Zr]. The summed E-state index contributed by atoms with van der Waals surface area (Å²) in [6.45, 7) is 10.5. The molecule has 6 saturated carbocycles. The molecule has 4 N–H and O–H groups in total. The van der Waals surface area contributed by atoms with Crippen LogP contribution in [0.2, 0.25) is 33.2 Å². The molecular formula is C44H88O4Si2Zr. The van der Waals surface area contributed by atoms with Gasteiger partial charge in [0, 0.05) is 26.2 Å². The van der Waals surface area contributed by atoms with Crippen LogP contribution >= 0.6 is 0 Å². The number of rotatable bonds is 6. The van der Waals surface area contributed by atoms with E-state index in [0.29, 0.717) is 0 Å². The molecule has 0 heterocycles. The van der Waals surface area contributed by atoms with E-state index in [2.05, 4.69) is 0 Å². The second-order valence-corrected chi connectivity index (χ2v) is 28.6. The van der Waals surface area contributed by atoms with Crippen molar-refractivity contribution in [3.05, 3.63) is 0 Å². The summed E-state index contributed by atoms with van der Waals surface area (Å²) in [6, 6.07) is 0. The van der Waals surface area contributed by atoms with Crippen LogP contribution in [0.25, 0.3) is 0 Å². The second kappa shape index (κ2) is 24.0. The van der Waals surface area contributed by atoms with Gasteiger partial charge in [0.15, 0.2) is 16.6 Å². The van der Waals surface area contributed by atoms with Crippen LogP contribution in [0.4, 0.5) is 0 Å². The molecule has 300 valence electrons. The van der Waals surface area contributed by atoms with Gasteiger partial charge in [-0.25, -0.2) is 0 Å². The van der Waals surface area contributed by atoms with Crippen LogP contribution in [0, 0.1) is 0 Å². The number of aliphatic hydroxyl groups is 2. The van der Waals surface area contributed by atoms with Crippen molar-refractivity contribution in [1.82, 2.24) is 0 Å². The van der Waals surface area contributed by atoms with Crippen molar-refractivity contribution < 1.29 is 46.0 Å². The smallest absolute Gasteiger partial charge is 0.197 e. The fraction of sp³-hybridized carbons (Fsp3) is 1.00. The predicted octanol–water partition coefficient (Wildman–Crippen LogP) is 13.4. The summed E-state index contributed by atoms with van der Waals surface area (Å²) in [4.78, 5) is 24.0. The molecule has 0 amide bonds. The minimum absolute atomic E-state index is 0. The molecule has 0 unspecified atom stereocenters. The molecule has 0 saturated heterocycles. The van der Waals surface area contributed by atoms with Crippen molar-refractivity contribution in [2.45, 2.75) is 279 Å². The van der Waals surface area contributed by atoms with Gasteiger partial charge in [-0.05, 0) is 74.8 Å². The summed E-state index contributed by atoms with van der Waals surface area (Å²) < 4.78 is 0. The Balaban J connectivity index is 0.000000276. The van der Waals surface area contributed by atoms with E-state index in [0.717, 1.165) is 33.2 Å². The van der Waals surface area contributed by atoms with E-state index in [1.165, 1.54) is 193 Å². The van der Waals surface area contributed by atoms with Crippen LogP contribution < -0.4 is 0 Å². The molecule has 6 aliphatic rings. The molecule has 6 aliphatic carbocycles.